The SMILES string of the molecule is Cc1oc(CNC2CCCCCCC2)cc1C(=O)O. The molecule has 2 N–H and O–H groups in total. The van der Waals surface area contributed by atoms with Crippen LogP contribution in [0.5, 0.6) is 0 Å². The summed E-state index contributed by atoms with van der Waals surface area (Å²) in [6.45, 7) is 2.32. The maximum absolute atomic E-state index is 10.9. The Hall–Kier alpha value is -1.29. The third kappa shape index (κ3) is 4.10. The minimum atomic E-state index is -0.918. The summed E-state index contributed by atoms with van der Waals surface area (Å²) in [5, 5.41) is 12.5. The number of nitrogens with one attached hydrogen (secondary N) is 1. The molecule has 19 heavy (non-hydrogen) atoms. The minimum absolute atomic E-state index is 0.273. The van der Waals surface area contributed by atoms with Gasteiger partial charge in [-0.1, -0.05) is 32.1 Å². The molecule has 1 aliphatic rings. The van der Waals surface area contributed by atoms with Crippen LogP contribution in [0.1, 0.15) is 66.8 Å². The van der Waals surface area contributed by atoms with Crippen molar-refractivity contribution in [2.75, 3.05) is 0 Å². The Bertz CT molecular complexity index is 417. The van der Waals surface area contributed by atoms with Crippen molar-refractivity contribution in [3.05, 3.63) is 23.2 Å². The van der Waals surface area contributed by atoms with Crippen LogP contribution in [0.15, 0.2) is 10.5 Å². The highest BCUT2D eigenvalue weighted by Crippen LogP contribution is 2.19. The molecule has 0 atom stereocenters. The van der Waals surface area contributed by atoms with Gasteiger partial charge in [-0.25, -0.2) is 4.79 Å². The zero-order valence-electron chi connectivity index (χ0n) is 11.6. The molecule has 2 rings (SSSR count). The molecule has 0 aliphatic heterocycles. The van der Waals surface area contributed by atoms with Crippen LogP contribution in [0.3, 0.4) is 0 Å². The van der Waals surface area contributed by atoms with Gasteiger partial charge >= 0.3 is 5.97 Å². The van der Waals surface area contributed by atoms with Gasteiger partial charge in [-0.2, -0.15) is 0 Å². The number of furan rings is 1. The Morgan fingerprint density at radius 1 is 1.32 bits per heavy atom. The van der Waals surface area contributed by atoms with Crippen LogP contribution in [0.4, 0.5) is 0 Å². The summed E-state index contributed by atoms with van der Waals surface area (Å²) in [5.41, 5.74) is 0.273. The number of carbonyl (C=O) groups is 1. The molecule has 1 heterocycles. The summed E-state index contributed by atoms with van der Waals surface area (Å²) in [6.07, 6.45) is 9.04. The van der Waals surface area contributed by atoms with Crippen molar-refractivity contribution < 1.29 is 14.3 Å². The second kappa shape index (κ2) is 6.75. The van der Waals surface area contributed by atoms with Crippen LogP contribution in [0.25, 0.3) is 0 Å². The van der Waals surface area contributed by atoms with Crippen molar-refractivity contribution in [1.29, 1.82) is 0 Å². The Balaban J connectivity index is 1.87. The van der Waals surface area contributed by atoms with Gasteiger partial charge in [-0.05, 0) is 25.8 Å². The molecule has 0 spiro atoms. The fraction of sp³-hybridized carbons (Fsp3) is 0.667. The van der Waals surface area contributed by atoms with Crippen molar-refractivity contribution in [3.63, 3.8) is 0 Å². The molecule has 1 aromatic heterocycles. The molecule has 4 heteroatoms. The number of hydrogen-bond acceptors (Lipinski definition) is 3. The molecule has 0 bridgehead atoms. The Morgan fingerprint density at radius 2 is 1.95 bits per heavy atom. The highest BCUT2D eigenvalue weighted by atomic mass is 16.4. The number of carboxylic acid groups (broad SMARTS) is 1. The number of rotatable bonds is 4. The number of hydrogen-bond donors (Lipinski definition) is 2. The van der Waals surface area contributed by atoms with E-state index in [2.05, 4.69) is 5.32 Å². The molecule has 0 aromatic carbocycles. The predicted octanol–water partition coefficient (Wildman–Crippen LogP) is 3.49. The van der Waals surface area contributed by atoms with E-state index in [-0.39, 0.29) is 5.56 Å². The lowest BCUT2D eigenvalue weighted by Gasteiger charge is -2.20. The highest BCUT2D eigenvalue weighted by Gasteiger charge is 2.15. The monoisotopic (exact) mass is 265 g/mol. The summed E-state index contributed by atoms with van der Waals surface area (Å²) in [5.74, 6) is 0.289. The maximum Gasteiger partial charge on any atom is 0.339 e. The lowest BCUT2D eigenvalue weighted by molar-refractivity contribution is 0.0695. The van der Waals surface area contributed by atoms with E-state index in [4.69, 9.17) is 9.52 Å². The molecule has 0 unspecified atom stereocenters. The van der Waals surface area contributed by atoms with E-state index in [9.17, 15) is 4.79 Å². The van der Waals surface area contributed by atoms with E-state index >= 15 is 0 Å². The zero-order chi connectivity index (χ0) is 13.7. The van der Waals surface area contributed by atoms with E-state index in [1.54, 1.807) is 13.0 Å². The summed E-state index contributed by atoms with van der Waals surface area (Å²) >= 11 is 0. The summed E-state index contributed by atoms with van der Waals surface area (Å²) < 4.78 is 5.48. The first-order valence-electron chi connectivity index (χ1n) is 7.23. The maximum atomic E-state index is 10.9. The molecule has 0 amide bonds. The van der Waals surface area contributed by atoms with E-state index in [0.29, 0.717) is 18.3 Å². The van der Waals surface area contributed by atoms with Crippen molar-refractivity contribution in [1.82, 2.24) is 5.32 Å². The zero-order valence-corrected chi connectivity index (χ0v) is 11.6. The quantitative estimate of drug-likeness (QED) is 0.874. The lowest BCUT2D eigenvalue weighted by Crippen LogP contribution is -2.29. The third-order valence-corrected chi connectivity index (χ3v) is 3.87. The van der Waals surface area contributed by atoms with Gasteiger partial charge in [0.05, 0.1) is 6.54 Å². The first-order chi connectivity index (χ1) is 9.16. The van der Waals surface area contributed by atoms with Crippen LogP contribution in [-0.2, 0) is 6.54 Å². The Labute approximate surface area is 114 Å². The molecular weight excluding hydrogens is 242 g/mol. The molecule has 106 valence electrons. The molecule has 4 nitrogen and oxygen atoms in total. The van der Waals surface area contributed by atoms with Crippen LogP contribution in [-0.4, -0.2) is 17.1 Å². The van der Waals surface area contributed by atoms with Crippen molar-refractivity contribution in [3.8, 4) is 0 Å². The molecule has 1 fully saturated rings. The van der Waals surface area contributed by atoms with Gasteiger partial charge in [0.25, 0.3) is 0 Å². The smallest absolute Gasteiger partial charge is 0.339 e. The van der Waals surface area contributed by atoms with Crippen LogP contribution >= 0.6 is 0 Å². The van der Waals surface area contributed by atoms with Crippen LogP contribution < -0.4 is 5.32 Å². The van der Waals surface area contributed by atoms with Gasteiger partial charge in [0.2, 0.25) is 0 Å². The van der Waals surface area contributed by atoms with Crippen molar-refractivity contribution in [2.45, 2.75) is 64.5 Å². The van der Waals surface area contributed by atoms with Gasteiger partial charge in [0, 0.05) is 6.04 Å². The average Bonchev–Trinajstić information content (AvgIpc) is 2.69. The minimum Gasteiger partial charge on any atom is -0.478 e. The summed E-state index contributed by atoms with van der Waals surface area (Å²) in [6, 6.07) is 2.17. The first kappa shape index (κ1) is 14.1. The van der Waals surface area contributed by atoms with E-state index in [1.807, 2.05) is 0 Å². The molecule has 1 saturated carbocycles. The predicted molar refractivity (Wildman–Crippen MR) is 73.4 cm³/mol. The second-order valence-corrected chi connectivity index (χ2v) is 5.41. The van der Waals surface area contributed by atoms with Gasteiger partial charge in [0.15, 0.2) is 0 Å². The summed E-state index contributed by atoms with van der Waals surface area (Å²) in [4.78, 5) is 10.9. The molecule has 0 saturated heterocycles. The molecule has 0 radical (unpaired) electrons. The Kier molecular flexibility index (Phi) is 5.02. The second-order valence-electron chi connectivity index (χ2n) is 5.41. The largest absolute Gasteiger partial charge is 0.478 e. The van der Waals surface area contributed by atoms with Gasteiger partial charge < -0.3 is 14.8 Å². The lowest BCUT2D eigenvalue weighted by atomic mass is 9.97. The fourth-order valence-corrected chi connectivity index (χ4v) is 2.75. The van der Waals surface area contributed by atoms with Crippen LogP contribution in [0, 0.1) is 6.92 Å². The third-order valence-electron chi connectivity index (χ3n) is 3.87. The van der Waals surface area contributed by atoms with Crippen LogP contribution in [0.2, 0.25) is 0 Å². The topological polar surface area (TPSA) is 62.5 Å². The molecule has 1 aromatic rings. The van der Waals surface area contributed by atoms with Gasteiger partial charge in [-0.15, -0.1) is 0 Å². The summed E-state index contributed by atoms with van der Waals surface area (Å²) in [7, 11) is 0. The molecular formula is C15H23NO3. The van der Waals surface area contributed by atoms with E-state index in [0.717, 1.165) is 5.76 Å². The number of aryl methyl sites for hydroxylation is 1. The van der Waals surface area contributed by atoms with Gasteiger partial charge in [-0.3, -0.25) is 0 Å². The normalized spacial score (nSPS) is 17.9. The fourth-order valence-electron chi connectivity index (χ4n) is 2.75. The van der Waals surface area contributed by atoms with Gasteiger partial charge in [0.1, 0.15) is 17.1 Å². The Morgan fingerprint density at radius 3 is 2.53 bits per heavy atom. The van der Waals surface area contributed by atoms with E-state index in [1.165, 1.54) is 44.9 Å². The van der Waals surface area contributed by atoms with E-state index < -0.39 is 5.97 Å². The average molecular weight is 265 g/mol. The highest BCUT2D eigenvalue weighted by molar-refractivity contribution is 5.88. The standard InChI is InChI=1S/C15H23NO3/c1-11-14(15(17)18)9-13(19-11)10-16-12-7-5-3-2-4-6-8-12/h9,12,16H,2-8,10H2,1H3,(H,17,18). The molecule has 1 aliphatic carbocycles. The van der Waals surface area contributed by atoms with Crippen molar-refractivity contribution >= 4 is 5.97 Å². The first-order valence-corrected chi connectivity index (χ1v) is 7.23. The number of carboxylic acids is 1. The van der Waals surface area contributed by atoms with Crippen molar-refractivity contribution in [2.24, 2.45) is 0 Å². The number of aromatic carboxylic acids is 1.